The zero-order valence-corrected chi connectivity index (χ0v) is 8.58. The van der Waals surface area contributed by atoms with Crippen molar-refractivity contribution in [3.63, 3.8) is 0 Å². The van der Waals surface area contributed by atoms with E-state index in [1.54, 1.807) is 6.08 Å². The molecule has 0 aliphatic heterocycles. The normalized spacial score (nSPS) is 13.6. The molecule has 0 spiro atoms. The molecule has 0 aliphatic rings. The van der Waals surface area contributed by atoms with E-state index in [4.69, 9.17) is 0 Å². The van der Waals surface area contributed by atoms with E-state index in [1.165, 1.54) is 0 Å². The largest absolute Gasteiger partial charge is 0.389 e. The quantitative estimate of drug-likeness (QED) is 0.633. The maximum absolute atomic E-state index is 11.1. The minimum Gasteiger partial charge on any atom is -0.389 e. The second kappa shape index (κ2) is 6.66. The number of carbonyl (C=O) groups is 1. The van der Waals surface area contributed by atoms with Gasteiger partial charge in [-0.2, -0.15) is 0 Å². The molecule has 3 nitrogen and oxygen atoms in total. The monoisotopic (exact) mass is 185 g/mol. The van der Waals surface area contributed by atoms with Crippen molar-refractivity contribution in [1.29, 1.82) is 0 Å². The van der Waals surface area contributed by atoms with Gasteiger partial charge < -0.3 is 10.4 Å². The summed E-state index contributed by atoms with van der Waals surface area (Å²) in [6.45, 7) is 5.77. The van der Waals surface area contributed by atoms with Crippen molar-refractivity contribution in [3.05, 3.63) is 12.2 Å². The van der Waals surface area contributed by atoms with Gasteiger partial charge in [0.1, 0.15) is 0 Å². The van der Waals surface area contributed by atoms with E-state index in [0.717, 1.165) is 6.42 Å². The van der Waals surface area contributed by atoms with Gasteiger partial charge in [-0.15, -0.1) is 0 Å². The van der Waals surface area contributed by atoms with Gasteiger partial charge in [0.2, 0.25) is 5.91 Å². The molecule has 0 radical (unpaired) electrons. The van der Waals surface area contributed by atoms with Crippen LogP contribution in [0, 0.1) is 0 Å². The fourth-order valence-corrected chi connectivity index (χ4v) is 0.932. The third-order valence-corrected chi connectivity index (χ3v) is 1.44. The number of aliphatic hydroxyl groups is 1. The first-order valence-corrected chi connectivity index (χ1v) is 4.70. The van der Waals surface area contributed by atoms with E-state index in [9.17, 15) is 9.90 Å². The van der Waals surface area contributed by atoms with E-state index < -0.39 is 6.10 Å². The van der Waals surface area contributed by atoms with E-state index in [-0.39, 0.29) is 18.4 Å². The molecule has 13 heavy (non-hydrogen) atoms. The number of carbonyl (C=O) groups excluding carboxylic acids is 1. The van der Waals surface area contributed by atoms with Crippen LogP contribution in [0.4, 0.5) is 0 Å². The summed E-state index contributed by atoms with van der Waals surface area (Å²) in [6.07, 6.45) is 3.88. The number of amides is 1. The molecule has 2 N–H and O–H groups in total. The van der Waals surface area contributed by atoms with Crippen molar-refractivity contribution >= 4 is 5.91 Å². The van der Waals surface area contributed by atoms with Crippen LogP contribution in [0.25, 0.3) is 0 Å². The van der Waals surface area contributed by atoms with Gasteiger partial charge in [-0.1, -0.05) is 19.1 Å². The molecule has 0 bridgehead atoms. The zero-order valence-electron chi connectivity index (χ0n) is 8.58. The number of hydrogen-bond donors (Lipinski definition) is 2. The maximum atomic E-state index is 11.1. The molecule has 0 aromatic heterocycles. The van der Waals surface area contributed by atoms with Gasteiger partial charge in [0, 0.05) is 6.04 Å². The van der Waals surface area contributed by atoms with Crippen molar-refractivity contribution in [1.82, 2.24) is 5.32 Å². The average Bonchev–Trinajstić information content (AvgIpc) is 1.98. The Kier molecular flexibility index (Phi) is 6.24. The summed E-state index contributed by atoms with van der Waals surface area (Å²) < 4.78 is 0. The molecule has 0 aromatic carbocycles. The van der Waals surface area contributed by atoms with Gasteiger partial charge in [0.25, 0.3) is 0 Å². The molecule has 1 amide bonds. The highest BCUT2D eigenvalue weighted by molar-refractivity contribution is 5.76. The van der Waals surface area contributed by atoms with Gasteiger partial charge in [-0.25, -0.2) is 0 Å². The van der Waals surface area contributed by atoms with Crippen LogP contribution in [0.1, 0.15) is 33.6 Å². The van der Waals surface area contributed by atoms with E-state index in [2.05, 4.69) is 5.32 Å². The van der Waals surface area contributed by atoms with E-state index in [0.29, 0.717) is 0 Å². The number of hydrogen-bond acceptors (Lipinski definition) is 2. The SMILES string of the molecule is CC/C=C/C(O)CC(=O)NC(C)C. The standard InChI is InChI=1S/C10H19NO2/c1-4-5-6-9(12)7-10(13)11-8(2)3/h5-6,8-9,12H,4,7H2,1-3H3,(H,11,13)/b6-5+. The first-order valence-electron chi connectivity index (χ1n) is 4.70. The molecule has 0 fully saturated rings. The van der Waals surface area contributed by atoms with Crippen LogP contribution in [0.2, 0.25) is 0 Å². The third kappa shape index (κ3) is 7.53. The topological polar surface area (TPSA) is 49.3 Å². The highest BCUT2D eigenvalue weighted by Crippen LogP contribution is 1.95. The van der Waals surface area contributed by atoms with Gasteiger partial charge in [-0.05, 0) is 20.3 Å². The Morgan fingerprint density at radius 2 is 2.15 bits per heavy atom. The molecule has 0 rings (SSSR count). The van der Waals surface area contributed by atoms with Gasteiger partial charge in [-0.3, -0.25) is 4.79 Å². The fourth-order valence-electron chi connectivity index (χ4n) is 0.932. The van der Waals surface area contributed by atoms with Crippen LogP contribution < -0.4 is 5.32 Å². The summed E-state index contributed by atoms with van der Waals surface area (Å²) in [5.41, 5.74) is 0. The van der Waals surface area contributed by atoms with Crippen LogP contribution >= 0.6 is 0 Å². The van der Waals surface area contributed by atoms with Gasteiger partial charge in [0.15, 0.2) is 0 Å². The predicted octanol–water partition coefficient (Wildman–Crippen LogP) is 1.23. The second-order valence-corrected chi connectivity index (χ2v) is 3.33. The first kappa shape index (κ1) is 12.2. The minimum atomic E-state index is -0.654. The third-order valence-electron chi connectivity index (χ3n) is 1.44. The van der Waals surface area contributed by atoms with Crippen LogP contribution in [-0.4, -0.2) is 23.2 Å². The summed E-state index contributed by atoms with van der Waals surface area (Å²) in [7, 11) is 0. The lowest BCUT2D eigenvalue weighted by atomic mass is 10.2. The zero-order chi connectivity index (χ0) is 10.3. The van der Waals surface area contributed by atoms with Crippen LogP contribution in [-0.2, 0) is 4.79 Å². The van der Waals surface area contributed by atoms with Crippen LogP contribution in [0.3, 0.4) is 0 Å². The maximum Gasteiger partial charge on any atom is 0.223 e. The van der Waals surface area contributed by atoms with Crippen molar-refractivity contribution in [2.24, 2.45) is 0 Å². The Morgan fingerprint density at radius 3 is 2.62 bits per heavy atom. The minimum absolute atomic E-state index is 0.108. The van der Waals surface area contributed by atoms with Gasteiger partial charge in [0.05, 0.1) is 12.5 Å². The predicted molar refractivity (Wildman–Crippen MR) is 53.3 cm³/mol. The molecule has 0 aliphatic carbocycles. The Labute approximate surface area is 79.8 Å². The Balaban J connectivity index is 3.71. The van der Waals surface area contributed by atoms with Crippen LogP contribution in [0.5, 0.6) is 0 Å². The molecule has 76 valence electrons. The van der Waals surface area contributed by atoms with Crippen molar-refractivity contribution in [2.75, 3.05) is 0 Å². The van der Waals surface area contributed by atoms with Crippen molar-refractivity contribution in [3.8, 4) is 0 Å². The summed E-state index contributed by atoms with van der Waals surface area (Å²) in [5.74, 6) is -0.108. The van der Waals surface area contributed by atoms with Crippen molar-refractivity contribution in [2.45, 2.75) is 45.8 Å². The fraction of sp³-hybridized carbons (Fsp3) is 0.700. The van der Waals surface area contributed by atoms with Crippen molar-refractivity contribution < 1.29 is 9.90 Å². The molecule has 1 atom stereocenters. The number of aliphatic hydroxyl groups excluding tert-OH is 1. The molecule has 0 saturated heterocycles. The molecule has 1 unspecified atom stereocenters. The first-order chi connectivity index (χ1) is 6.06. The number of rotatable bonds is 5. The summed E-state index contributed by atoms with van der Waals surface area (Å²) in [4.78, 5) is 11.1. The average molecular weight is 185 g/mol. The molecule has 3 heteroatoms. The number of allylic oxidation sites excluding steroid dienone is 1. The lowest BCUT2D eigenvalue weighted by Crippen LogP contribution is -2.32. The van der Waals surface area contributed by atoms with E-state index in [1.807, 2.05) is 26.8 Å². The van der Waals surface area contributed by atoms with E-state index >= 15 is 0 Å². The highest BCUT2D eigenvalue weighted by Gasteiger charge is 2.07. The lowest BCUT2D eigenvalue weighted by molar-refractivity contribution is -0.122. The second-order valence-electron chi connectivity index (χ2n) is 3.33. The summed E-state index contributed by atoms with van der Waals surface area (Å²) >= 11 is 0. The summed E-state index contributed by atoms with van der Waals surface area (Å²) in [6, 6.07) is 0.134. The molecular weight excluding hydrogens is 166 g/mol. The van der Waals surface area contributed by atoms with Crippen LogP contribution in [0.15, 0.2) is 12.2 Å². The molecule has 0 aromatic rings. The van der Waals surface area contributed by atoms with Gasteiger partial charge >= 0.3 is 0 Å². The Hall–Kier alpha value is -0.830. The Morgan fingerprint density at radius 1 is 1.54 bits per heavy atom. The smallest absolute Gasteiger partial charge is 0.223 e. The molecule has 0 heterocycles. The summed E-state index contributed by atoms with van der Waals surface area (Å²) in [5, 5.41) is 12.0. The molecular formula is C10H19NO2. The Bertz CT molecular complexity index is 176. The molecule has 0 saturated carbocycles. The number of nitrogens with one attached hydrogen (secondary N) is 1. The highest BCUT2D eigenvalue weighted by atomic mass is 16.3. The lowest BCUT2D eigenvalue weighted by Gasteiger charge is -2.09.